The molecule has 0 heterocycles. The largest absolute Gasteiger partial charge is 0.310 e. The molecule has 1 aliphatic rings. The SMILES string of the molecule is c1ccc(CNC2CCCCC2)cc1. The van der Waals surface area contributed by atoms with E-state index in [-0.39, 0.29) is 0 Å². The van der Waals surface area contributed by atoms with Crippen molar-refractivity contribution < 1.29 is 0 Å². The van der Waals surface area contributed by atoms with Crippen molar-refractivity contribution in [3.8, 4) is 0 Å². The molecule has 1 N–H and O–H groups in total. The Morgan fingerprint density at radius 1 is 1.00 bits per heavy atom. The van der Waals surface area contributed by atoms with E-state index in [2.05, 4.69) is 35.6 Å². The van der Waals surface area contributed by atoms with Crippen molar-refractivity contribution in [1.29, 1.82) is 0 Å². The topological polar surface area (TPSA) is 12.0 Å². The predicted octanol–water partition coefficient (Wildman–Crippen LogP) is 3.11. The minimum absolute atomic E-state index is 0.768. The maximum absolute atomic E-state index is 3.64. The molecule has 0 radical (unpaired) electrons. The minimum Gasteiger partial charge on any atom is -0.310 e. The Morgan fingerprint density at radius 2 is 1.71 bits per heavy atom. The highest BCUT2D eigenvalue weighted by molar-refractivity contribution is 5.14. The fourth-order valence-electron chi connectivity index (χ4n) is 2.16. The van der Waals surface area contributed by atoms with Gasteiger partial charge >= 0.3 is 0 Å². The van der Waals surface area contributed by atoms with Crippen molar-refractivity contribution in [2.24, 2.45) is 0 Å². The van der Waals surface area contributed by atoms with Crippen molar-refractivity contribution in [2.45, 2.75) is 44.7 Å². The molecule has 0 aromatic heterocycles. The van der Waals surface area contributed by atoms with Crippen LogP contribution < -0.4 is 5.32 Å². The molecule has 1 nitrogen and oxygen atoms in total. The molecular weight excluding hydrogens is 170 g/mol. The van der Waals surface area contributed by atoms with Crippen LogP contribution in [0.1, 0.15) is 37.7 Å². The molecule has 0 aliphatic heterocycles. The summed E-state index contributed by atoms with van der Waals surface area (Å²) in [5.41, 5.74) is 1.40. The smallest absolute Gasteiger partial charge is 0.0208 e. The Morgan fingerprint density at radius 3 is 2.43 bits per heavy atom. The first kappa shape index (κ1) is 9.72. The van der Waals surface area contributed by atoms with Crippen LogP contribution in [0.4, 0.5) is 0 Å². The summed E-state index contributed by atoms with van der Waals surface area (Å²) in [5, 5.41) is 3.64. The van der Waals surface area contributed by atoms with Gasteiger partial charge in [0.2, 0.25) is 0 Å². The van der Waals surface area contributed by atoms with Gasteiger partial charge in [-0.3, -0.25) is 0 Å². The second-order valence-electron chi connectivity index (χ2n) is 4.20. The lowest BCUT2D eigenvalue weighted by molar-refractivity contribution is 0.372. The number of benzene rings is 1. The Balaban J connectivity index is 1.76. The van der Waals surface area contributed by atoms with Gasteiger partial charge in [0.05, 0.1) is 0 Å². The van der Waals surface area contributed by atoms with Gasteiger partial charge in [-0.15, -0.1) is 0 Å². The molecule has 1 saturated carbocycles. The highest BCUT2D eigenvalue weighted by Crippen LogP contribution is 2.17. The second-order valence-corrected chi connectivity index (χ2v) is 4.20. The normalized spacial score (nSPS) is 18.3. The van der Waals surface area contributed by atoms with E-state index >= 15 is 0 Å². The Hall–Kier alpha value is -0.820. The Labute approximate surface area is 86.5 Å². The molecule has 1 heteroatoms. The summed E-state index contributed by atoms with van der Waals surface area (Å²) in [6, 6.07) is 11.4. The fourth-order valence-corrected chi connectivity index (χ4v) is 2.16. The van der Waals surface area contributed by atoms with E-state index in [1.807, 2.05) is 0 Å². The molecule has 0 saturated heterocycles. The molecule has 76 valence electrons. The van der Waals surface area contributed by atoms with E-state index in [4.69, 9.17) is 0 Å². The highest BCUT2D eigenvalue weighted by atomic mass is 14.9. The maximum Gasteiger partial charge on any atom is 0.0208 e. The lowest BCUT2D eigenvalue weighted by atomic mass is 9.95. The average molecular weight is 189 g/mol. The maximum atomic E-state index is 3.64. The molecule has 0 bridgehead atoms. The summed E-state index contributed by atoms with van der Waals surface area (Å²) in [4.78, 5) is 0. The first-order valence-electron chi connectivity index (χ1n) is 5.72. The van der Waals surface area contributed by atoms with Gasteiger partial charge < -0.3 is 5.32 Å². The van der Waals surface area contributed by atoms with Crippen LogP contribution in [-0.2, 0) is 6.54 Å². The quantitative estimate of drug-likeness (QED) is 0.770. The van der Waals surface area contributed by atoms with Crippen LogP contribution in [0, 0.1) is 0 Å². The first-order valence-corrected chi connectivity index (χ1v) is 5.72. The average Bonchev–Trinajstić information content (AvgIpc) is 2.29. The molecule has 1 aliphatic carbocycles. The van der Waals surface area contributed by atoms with Crippen molar-refractivity contribution in [3.05, 3.63) is 35.9 Å². The highest BCUT2D eigenvalue weighted by Gasteiger charge is 2.11. The number of hydrogen-bond donors (Lipinski definition) is 1. The Bertz CT molecular complexity index is 249. The lowest BCUT2D eigenvalue weighted by Gasteiger charge is -2.22. The van der Waals surface area contributed by atoms with Crippen LogP contribution in [0.15, 0.2) is 30.3 Å². The van der Waals surface area contributed by atoms with E-state index < -0.39 is 0 Å². The third kappa shape index (κ3) is 2.85. The summed E-state index contributed by atoms with van der Waals surface area (Å²) in [7, 11) is 0. The number of nitrogens with one attached hydrogen (secondary N) is 1. The van der Waals surface area contributed by atoms with Gasteiger partial charge in [0, 0.05) is 12.6 Å². The van der Waals surface area contributed by atoms with Gasteiger partial charge in [0.25, 0.3) is 0 Å². The van der Waals surface area contributed by atoms with Gasteiger partial charge in [0.1, 0.15) is 0 Å². The molecule has 0 atom stereocenters. The summed E-state index contributed by atoms with van der Waals surface area (Å²) < 4.78 is 0. The number of rotatable bonds is 3. The molecule has 1 fully saturated rings. The summed E-state index contributed by atoms with van der Waals surface area (Å²) in [6.07, 6.45) is 6.99. The first-order chi connectivity index (χ1) is 6.95. The van der Waals surface area contributed by atoms with Crippen molar-refractivity contribution in [1.82, 2.24) is 5.32 Å². The van der Waals surface area contributed by atoms with E-state index in [9.17, 15) is 0 Å². The third-order valence-electron chi connectivity index (χ3n) is 3.04. The van der Waals surface area contributed by atoms with Crippen LogP contribution in [0.25, 0.3) is 0 Å². The molecule has 2 rings (SSSR count). The minimum atomic E-state index is 0.768. The molecule has 14 heavy (non-hydrogen) atoms. The van der Waals surface area contributed by atoms with Crippen molar-refractivity contribution in [3.63, 3.8) is 0 Å². The monoisotopic (exact) mass is 189 g/mol. The van der Waals surface area contributed by atoms with Crippen LogP contribution in [0.3, 0.4) is 0 Å². The molecule has 1 aromatic rings. The van der Waals surface area contributed by atoms with Crippen molar-refractivity contribution in [2.75, 3.05) is 0 Å². The molecule has 1 aromatic carbocycles. The van der Waals surface area contributed by atoms with Gasteiger partial charge in [-0.2, -0.15) is 0 Å². The van der Waals surface area contributed by atoms with E-state index in [1.54, 1.807) is 0 Å². The van der Waals surface area contributed by atoms with Gasteiger partial charge in [0.15, 0.2) is 0 Å². The second kappa shape index (κ2) is 5.16. The number of hydrogen-bond acceptors (Lipinski definition) is 1. The van der Waals surface area contributed by atoms with Crippen LogP contribution in [-0.4, -0.2) is 6.04 Å². The zero-order valence-electron chi connectivity index (χ0n) is 8.71. The van der Waals surface area contributed by atoms with E-state index in [0.29, 0.717) is 0 Å². The van der Waals surface area contributed by atoms with Gasteiger partial charge in [-0.1, -0.05) is 49.6 Å². The molecular formula is C13H19N. The molecule has 0 amide bonds. The van der Waals surface area contributed by atoms with E-state index in [0.717, 1.165) is 12.6 Å². The van der Waals surface area contributed by atoms with Crippen molar-refractivity contribution >= 4 is 0 Å². The fraction of sp³-hybridized carbons (Fsp3) is 0.538. The third-order valence-corrected chi connectivity index (χ3v) is 3.04. The van der Waals surface area contributed by atoms with Crippen LogP contribution in [0.2, 0.25) is 0 Å². The Kier molecular flexibility index (Phi) is 3.58. The lowest BCUT2D eigenvalue weighted by Crippen LogP contribution is -2.30. The van der Waals surface area contributed by atoms with Gasteiger partial charge in [-0.05, 0) is 18.4 Å². The molecule has 0 unspecified atom stereocenters. The summed E-state index contributed by atoms with van der Waals surface area (Å²) >= 11 is 0. The molecule has 0 spiro atoms. The zero-order valence-corrected chi connectivity index (χ0v) is 8.71. The summed E-state index contributed by atoms with van der Waals surface area (Å²) in [5.74, 6) is 0. The van der Waals surface area contributed by atoms with Gasteiger partial charge in [-0.25, -0.2) is 0 Å². The van der Waals surface area contributed by atoms with Crippen LogP contribution >= 0.6 is 0 Å². The predicted molar refractivity (Wildman–Crippen MR) is 60.2 cm³/mol. The summed E-state index contributed by atoms with van der Waals surface area (Å²) in [6.45, 7) is 1.03. The zero-order chi connectivity index (χ0) is 9.64. The van der Waals surface area contributed by atoms with E-state index in [1.165, 1.54) is 37.7 Å². The standard InChI is InChI=1S/C13H19N/c1-3-7-12(8-4-1)11-14-13-9-5-2-6-10-13/h1,3-4,7-8,13-14H,2,5-6,9-11H2. The van der Waals surface area contributed by atoms with Crippen LogP contribution in [0.5, 0.6) is 0 Å².